The third-order valence-corrected chi connectivity index (χ3v) is 4.66. The molecule has 106 valence electrons. The Morgan fingerprint density at radius 3 is 2.47 bits per heavy atom. The van der Waals surface area contributed by atoms with E-state index in [-0.39, 0.29) is 6.54 Å². The molecule has 0 amide bonds. The van der Waals surface area contributed by atoms with Crippen molar-refractivity contribution in [3.05, 3.63) is 23.4 Å². The molecule has 6 heteroatoms. The predicted octanol–water partition coefficient (Wildman–Crippen LogP) is 3.98. The second-order valence-corrected chi connectivity index (χ2v) is 6.03. The van der Waals surface area contributed by atoms with Gasteiger partial charge in [0.25, 0.3) is 0 Å². The van der Waals surface area contributed by atoms with Crippen LogP contribution in [0.2, 0.25) is 0 Å². The first kappa shape index (κ1) is 14.7. The van der Waals surface area contributed by atoms with E-state index in [1.54, 1.807) is 0 Å². The Morgan fingerprint density at radius 1 is 1.21 bits per heavy atom. The van der Waals surface area contributed by atoms with Gasteiger partial charge in [0.05, 0.1) is 0 Å². The predicted molar refractivity (Wildman–Crippen MR) is 69.9 cm³/mol. The minimum absolute atomic E-state index is 0.222. The molecular formula is C13H17F3N2S. The zero-order valence-corrected chi connectivity index (χ0v) is 11.4. The normalized spacial score (nSPS) is 17.7. The second-order valence-electron chi connectivity index (χ2n) is 4.74. The Kier molecular flexibility index (Phi) is 4.73. The average Bonchev–Trinajstić information content (AvgIpc) is 2.39. The van der Waals surface area contributed by atoms with Crippen LogP contribution in [0.25, 0.3) is 0 Å². The largest absolute Gasteiger partial charge is 0.433 e. The van der Waals surface area contributed by atoms with E-state index in [1.807, 2.05) is 0 Å². The Bertz CT molecular complexity index is 428. The molecule has 1 aromatic rings. The average molecular weight is 290 g/mol. The van der Waals surface area contributed by atoms with Crippen LogP contribution in [-0.4, -0.2) is 10.2 Å². The van der Waals surface area contributed by atoms with Gasteiger partial charge in [-0.3, -0.25) is 0 Å². The first-order valence-corrected chi connectivity index (χ1v) is 7.32. The molecule has 0 atom stereocenters. The number of alkyl halides is 3. The first-order chi connectivity index (χ1) is 9.00. The van der Waals surface area contributed by atoms with Crippen LogP contribution in [-0.2, 0) is 12.7 Å². The topological polar surface area (TPSA) is 38.9 Å². The summed E-state index contributed by atoms with van der Waals surface area (Å²) < 4.78 is 38.0. The van der Waals surface area contributed by atoms with Gasteiger partial charge in [0.1, 0.15) is 10.7 Å². The highest BCUT2D eigenvalue weighted by Crippen LogP contribution is 2.36. The number of rotatable bonds is 3. The van der Waals surface area contributed by atoms with Crippen molar-refractivity contribution >= 4 is 11.8 Å². The molecule has 1 heterocycles. The molecule has 1 saturated carbocycles. The summed E-state index contributed by atoms with van der Waals surface area (Å²) in [6.45, 7) is 0.222. The fourth-order valence-corrected chi connectivity index (χ4v) is 3.56. The summed E-state index contributed by atoms with van der Waals surface area (Å²) in [5, 5.41) is 0.819. The van der Waals surface area contributed by atoms with E-state index < -0.39 is 11.9 Å². The van der Waals surface area contributed by atoms with E-state index in [4.69, 9.17) is 5.73 Å². The van der Waals surface area contributed by atoms with Crippen LogP contribution in [0.1, 0.15) is 43.4 Å². The lowest BCUT2D eigenvalue weighted by Crippen LogP contribution is -2.13. The van der Waals surface area contributed by atoms with Crippen LogP contribution < -0.4 is 5.73 Å². The fourth-order valence-electron chi connectivity index (χ4n) is 2.23. The lowest BCUT2D eigenvalue weighted by Gasteiger charge is -2.22. The highest BCUT2D eigenvalue weighted by molar-refractivity contribution is 7.99. The van der Waals surface area contributed by atoms with Crippen molar-refractivity contribution < 1.29 is 13.2 Å². The zero-order valence-electron chi connectivity index (χ0n) is 10.5. The Labute approximate surface area is 115 Å². The van der Waals surface area contributed by atoms with E-state index in [0.717, 1.165) is 31.7 Å². The lowest BCUT2D eigenvalue weighted by molar-refractivity contribution is -0.141. The number of thioether (sulfide) groups is 1. The van der Waals surface area contributed by atoms with E-state index in [1.165, 1.54) is 24.2 Å². The van der Waals surface area contributed by atoms with Gasteiger partial charge < -0.3 is 5.73 Å². The van der Waals surface area contributed by atoms with Crippen molar-refractivity contribution in [2.24, 2.45) is 5.73 Å². The summed E-state index contributed by atoms with van der Waals surface area (Å²) in [5.74, 6) is 0. The van der Waals surface area contributed by atoms with Crippen molar-refractivity contribution in [1.82, 2.24) is 4.98 Å². The number of hydrogen-bond acceptors (Lipinski definition) is 3. The molecule has 19 heavy (non-hydrogen) atoms. The first-order valence-electron chi connectivity index (χ1n) is 6.44. The van der Waals surface area contributed by atoms with Gasteiger partial charge in [-0.2, -0.15) is 13.2 Å². The van der Waals surface area contributed by atoms with Gasteiger partial charge in [0.2, 0.25) is 0 Å². The molecule has 2 nitrogen and oxygen atoms in total. The monoisotopic (exact) mass is 290 g/mol. The molecule has 1 fully saturated rings. The standard InChI is InChI=1S/C13H17F3N2S/c14-13(15,16)11-7-6-9(8-17)12(18-11)19-10-4-2-1-3-5-10/h6-7,10H,1-5,8,17H2. The Hall–Kier alpha value is -0.750. The maximum absolute atomic E-state index is 12.7. The van der Waals surface area contributed by atoms with Crippen molar-refractivity contribution in [3.63, 3.8) is 0 Å². The summed E-state index contributed by atoms with van der Waals surface area (Å²) >= 11 is 1.45. The smallest absolute Gasteiger partial charge is 0.326 e. The van der Waals surface area contributed by atoms with Crippen LogP contribution in [0, 0.1) is 0 Å². The lowest BCUT2D eigenvalue weighted by atomic mass is 10.0. The summed E-state index contributed by atoms with van der Waals surface area (Å²) in [6, 6.07) is 2.45. The third-order valence-electron chi connectivity index (χ3n) is 3.28. The van der Waals surface area contributed by atoms with E-state index >= 15 is 0 Å². The van der Waals surface area contributed by atoms with Gasteiger partial charge in [0.15, 0.2) is 0 Å². The molecular weight excluding hydrogens is 273 g/mol. The number of nitrogens with two attached hydrogens (primary N) is 1. The maximum Gasteiger partial charge on any atom is 0.433 e. The minimum atomic E-state index is -4.39. The van der Waals surface area contributed by atoms with E-state index in [2.05, 4.69) is 4.98 Å². The van der Waals surface area contributed by atoms with Crippen molar-refractivity contribution in [2.75, 3.05) is 0 Å². The van der Waals surface area contributed by atoms with E-state index in [0.29, 0.717) is 15.8 Å². The molecule has 1 aromatic heterocycles. The molecule has 0 bridgehead atoms. The number of halogens is 3. The van der Waals surface area contributed by atoms with Gasteiger partial charge in [-0.05, 0) is 24.5 Å². The number of hydrogen-bond donors (Lipinski definition) is 1. The molecule has 0 radical (unpaired) electrons. The van der Waals surface area contributed by atoms with Gasteiger partial charge in [0, 0.05) is 11.8 Å². The highest BCUT2D eigenvalue weighted by Gasteiger charge is 2.33. The van der Waals surface area contributed by atoms with Gasteiger partial charge in [-0.15, -0.1) is 11.8 Å². The van der Waals surface area contributed by atoms with E-state index in [9.17, 15) is 13.2 Å². The summed E-state index contributed by atoms with van der Waals surface area (Å²) in [4.78, 5) is 3.77. The van der Waals surface area contributed by atoms with Gasteiger partial charge in [-0.25, -0.2) is 4.98 Å². The Morgan fingerprint density at radius 2 is 1.89 bits per heavy atom. The summed E-state index contributed by atoms with van der Waals surface area (Å²) in [7, 11) is 0. The van der Waals surface area contributed by atoms with Crippen LogP contribution in [0.4, 0.5) is 13.2 Å². The van der Waals surface area contributed by atoms with Crippen LogP contribution in [0.5, 0.6) is 0 Å². The number of nitrogens with zero attached hydrogens (tertiary/aromatic N) is 1. The van der Waals surface area contributed by atoms with Crippen molar-refractivity contribution in [2.45, 2.75) is 55.1 Å². The fraction of sp³-hybridized carbons (Fsp3) is 0.615. The van der Waals surface area contributed by atoms with Crippen LogP contribution in [0.3, 0.4) is 0 Å². The molecule has 1 aliphatic carbocycles. The zero-order chi connectivity index (χ0) is 13.9. The van der Waals surface area contributed by atoms with Crippen LogP contribution >= 0.6 is 11.8 Å². The molecule has 0 spiro atoms. The molecule has 2 rings (SSSR count). The maximum atomic E-state index is 12.7. The quantitative estimate of drug-likeness (QED) is 0.915. The van der Waals surface area contributed by atoms with Gasteiger partial charge in [-0.1, -0.05) is 25.3 Å². The van der Waals surface area contributed by atoms with Crippen molar-refractivity contribution in [3.8, 4) is 0 Å². The summed E-state index contributed by atoms with van der Waals surface area (Å²) in [5.41, 5.74) is 5.45. The van der Waals surface area contributed by atoms with Gasteiger partial charge >= 0.3 is 6.18 Å². The molecule has 1 aliphatic rings. The van der Waals surface area contributed by atoms with Crippen LogP contribution in [0.15, 0.2) is 17.2 Å². The Balaban J connectivity index is 2.20. The third kappa shape index (κ3) is 3.86. The van der Waals surface area contributed by atoms with Crippen molar-refractivity contribution in [1.29, 1.82) is 0 Å². The number of aromatic nitrogens is 1. The highest BCUT2D eigenvalue weighted by atomic mass is 32.2. The summed E-state index contributed by atoms with van der Waals surface area (Å²) in [6.07, 6.45) is 1.22. The second kappa shape index (κ2) is 6.13. The number of pyridine rings is 1. The molecule has 2 N–H and O–H groups in total. The molecule has 0 aliphatic heterocycles. The minimum Gasteiger partial charge on any atom is -0.326 e. The molecule has 0 aromatic carbocycles. The molecule has 0 saturated heterocycles. The molecule has 0 unspecified atom stereocenters. The SMILES string of the molecule is NCc1ccc(C(F)(F)F)nc1SC1CCCCC1.